The molecule has 1 atom stereocenters. The number of aryl methyl sites for hydroxylation is 1. The number of halogens is 1. The Balaban J connectivity index is 2.84. The van der Waals surface area contributed by atoms with Gasteiger partial charge in [-0.1, -0.05) is 24.6 Å². The van der Waals surface area contributed by atoms with Gasteiger partial charge in [0.1, 0.15) is 5.82 Å². The van der Waals surface area contributed by atoms with Crippen LogP contribution in [-0.4, -0.2) is 32.1 Å². The summed E-state index contributed by atoms with van der Waals surface area (Å²) in [5, 5.41) is 3.36. The molecule has 0 fully saturated rings. The first kappa shape index (κ1) is 14.1. The summed E-state index contributed by atoms with van der Waals surface area (Å²) in [4.78, 5) is 2.12. The molecule has 1 rings (SSSR count). The predicted molar refractivity (Wildman–Crippen MR) is 70.7 cm³/mol. The molecule has 0 aromatic heterocycles. The zero-order valence-electron chi connectivity index (χ0n) is 11.3. The molecule has 0 saturated carbocycles. The van der Waals surface area contributed by atoms with Crippen LogP contribution in [0, 0.1) is 12.7 Å². The predicted octanol–water partition coefficient (Wildman–Crippen LogP) is 2.74. The largest absolute Gasteiger partial charge is 0.310 e. The monoisotopic (exact) mass is 238 g/mol. The molecule has 1 aromatic rings. The standard InChI is InChI=1S/C14H23FN2/c1-5-16-14(8-9-17(3)4)12-10-11(2)6-7-13(12)15/h6-7,10,14,16H,5,8-9H2,1-4H3. The highest BCUT2D eigenvalue weighted by atomic mass is 19.1. The third-order valence-corrected chi connectivity index (χ3v) is 2.84. The molecule has 0 amide bonds. The fraction of sp³-hybridized carbons (Fsp3) is 0.571. The van der Waals surface area contributed by atoms with Gasteiger partial charge in [-0.05, 0) is 46.6 Å². The Morgan fingerprint density at radius 3 is 2.65 bits per heavy atom. The number of benzene rings is 1. The molecular weight excluding hydrogens is 215 g/mol. The van der Waals surface area contributed by atoms with Crippen molar-refractivity contribution in [3.8, 4) is 0 Å². The van der Waals surface area contributed by atoms with Crippen LogP contribution in [0.3, 0.4) is 0 Å². The Morgan fingerprint density at radius 2 is 2.06 bits per heavy atom. The lowest BCUT2D eigenvalue weighted by Crippen LogP contribution is -2.26. The minimum atomic E-state index is -0.111. The summed E-state index contributed by atoms with van der Waals surface area (Å²) < 4.78 is 13.8. The molecule has 1 aromatic carbocycles. The van der Waals surface area contributed by atoms with Crippen molar-refractivity contribution in [2.75, 3.05) is 27.2 Å². The molecule has 0 radical (unpaired) electrons. The molecule has 3 heteroatoms. The molecule has 0 aliphatic rings. The smallest absolute Gasteiger partial charge is 0.127 e. The van der Waals surface area contributed by atoms with Crippen LogP contribution in [0.2, 0.25) is 0 Å². The summed E-state index contributed by atoms with van der Waals surface area (Å²) in [6.07, 6.45) is 0.918. The fourth-order valence-corrected chi connectivity index (χ4v) is 1.93. The highest BCUT2D eigenvalue weighted by molar-refractivity contribution is 5.26. The molecule has 1 unspecified atom stereocenters. The average molecular weight is 238 g/mol. The van der Waals surface area contributed by atoms with E-state index in [1.165, 1.54) is 0 Å². The Hall–Kier alpha value is -0.930. The second kappa shape index (κ2) is 6.72. The first-order valence-electron chi connectivity index (χ1n) is 6.18. The lowest BCUT2D eigenvalue weighted by molar-refractivity contribution is 0.359. The van der Waals surface area contributed by atoms with Crippen molar-refractivity contribution in [1.29, 1.82) is 0 Å². The Morgan fingerprint density at radius 1 is 1.35 bits per heavy atom. The third-order valence-electron chi connectivity index (χ3n) is 2.84. The maximum Gasteiger partial charge on any atom is 0.127 e. The average Bonchev–Trinajstić information content (AvgIpc) is 2.27. The van der Waals surface area contributed by atoms with Crippen LogP contribution in [0.15, 0.2) is 18.2 Å². The maximum atomic E-state index is 13.8. The van der Waals surface area contributed by atoms with Crippen LogP contribution in [0.1, 0.15) is 30.5 Å². The van der Waals surface area contributed by atoms with Crippen LogP contribution in [-0.2, 0) is 0 Å². The van der Waals surface area contributed by atoms with E-state index in [0.717, 1.165) is 30.6 Å². The van der Waals surface area contributed by atoms with Crippen molar-refractivity contribution in [1.82, 2.24) is 10.2 Å². The van der Waals surface area contributed by atoms with Crippen molar-refractivity contribution >= 4 is 0 Å². The van der Waals surface area contributed by atoms with Gasteiger partial charge in [0, 0.05) is 11.6 Å². The zero-order valence-corrected chi connectivity index (χ0v) is 11.3. The summed E-state index contributed by atoms with van der Waals surface area (Å²) in [6.45, 7) is 5.85. The number of rotatable bonds is 6. The first-order chi connectivity index (χ1) is 8.04. The third kappa shape index (κ3) is 4.44. The molecule has 1 N–H and O–H groups in total. The van der Waals surface area contributed by atoms with Crippen molar-refractivity contribution in [2.45, 2.75) is 26.3 Å². The van der Waals surface area contributed by atoms with E-state index in [9.17, 15) is 4.39 Å². The number of nitrogens with zero attached hydrogens (tertiary/aromatic N) is 1. The van der Waals surface area contributed by atoms with E-state index in [0.29, 0.717) is 0 Å². The van der Waals surface area contributed by atoms with Crippen LogP contribution in [0.5, 0.6) is 0 Å². The number of nitrogens with one attached hydrogen (secondary N) is 1. The molecule has 0 saturated heterocycles. The Kier molecular flexibility index (Phi) is 5.59. The van der Waals surface area contributed by atoms with Gasteiger partial charge in [-0.15, -0.1) is 0 Å². The van der Waals surface area contributed by atoms with Crippen LogP contribution in [0.4, 0.5) is 4.39 Å². The molecular formula is C14H23FN2. The van der Waals surface area contributed by atoms with Gasteiger partial charge in [0.25, 0.3) is 0 Å². The van der Waals surface area contributed by atoms with Gasteiger partial charge in [0.15, 0.2) is 0 Å². The Bertz CT molecular complexity index is 350. The van der Waals surface area contributed by atoms with E-state index in [-0.39, 0.29) is 11.9 Å². The van der Waals surface area contributed by atoms with Gasteiger partial charge in [-0.25, -0.2) is 4.39 Å². The van der Waals surface area contributed by atoms with Crippen LogP contribution < -0.4 is 5.32 Å². The quantitative estimate of drug-likeness (QED) is 0.820. The lowest BCUT2D eigenvalue weighted by Gasteiger charge is -2.21. The normalized spacial score (nSPS) is 13.1. The lowest BCUT2D eigenvalue weighted by atomic mass is 10.0. The molecule has 0 aliphatic carbocycles. The summed E-state index contributed by atoms with van der Waals surface area (Å²) >= 11 is 0. The molecule has 0 aliphatic heterocycles. The van der Waals surface area contributed by atoms with Gasteiger partial charge < -0.3 is 10.2 Å². The van der Waals surface area contributed by atoms with E-state index < -0.39 is 0 Å². The second-order valence-corrected chi connectivity index (χ2v) is 4.73. The molecule has 2 nitrogen and oxygen atoms in total. The second-order valence-electron chi connectivity index (χ2n) is 4.73. The SMILES string of the molecule is CCNC(CCN(C)C)c1cc(C)ccc1F. The van der Waals surface area contributed by atoms with E-state index in [1.807, 2.05) is 33.2 Å². The van der Waals surface area contributed by atoms with Gasteiger partial charge >= 0.3 is 0 Å². The summed E-state index contributed by atoms with van der Waals surface area (Å²) in [5.41, 5.74) is 1.89. The summed E-state index contributed by atoms with van der Waals surface area (Å²) in [7, 11) is 4.07. The fourth-order valence-electron chi connectivity index (χ4n) is 1.93. The highest BCUT2D eigenvalue weighted by Gasteiger charge is 2.14. The first-order valence-corrected chi connectivity index (χ1v) is 6.18. The van der Waals surface area contributed by atoms with E-state index in [2.05, 4.69) is 17.1 Å². The van der Waals surface area contributed by atoms with Crippen molar-refractivity contribution in [3.63, 3.8) is 0 Å². The zero-order chi connectivity index (χ0) is 12.8. The van der Waals surface area contributed by atoms with E-state index in [4.69, 9.17) is 0 Å². The van der Waals surface area contributed by atoms with Crippen molar-refractivity contribution in [3.05, 3.63) is 35.1 Å². The van der Waals surface area contributed by atoms with Crippen molar-refractivity contribution in [2.24, 2.45) is 0 Å². The summed E-state index contributed by atoms with van der Waals surface area (Å²) in [6, 6.07) is 5.42. The topological polar surface area (TPSA) is 15.3 Å². The van der Waals surface area contributed by atoms with Crippen LogP contribution >= 0.6 is 0 Å². The van der Waals surface area contributed by atoms with Crippen LogP contribution in [0.25, 0.3) is 0 Å². The van der Waals surface area contributed by atoms with E-state index in [1.54, 1.807) is 6.07 Å². The molecule has 96 valence electrons. The maximum absolute atomic E-state index is 13.8. The molecule has 0 bridgehead atoms. The Labute approximate surface area is 104 Å². The minimum Gasteiger partial charge on any atom is -0.310 e. The minimum absolute atomic E-state index is 0.0994. The van der Waals surface area contributed by atoms with E-state index >= 15 is 0 Å². The van der Waals surface area contributed by atoms with Crippen molar-refractivity contribution < 1.29 is 4.39 Å². The van der Waals surface area contributed by atoms with Gasteiger partial charge in [0.2, 0.25) is 0 Å². The molecule has 17 heavy (non-hydrogen) atoms. The summed E-state index contributed by atoms with van der Waals surface area (Å²) in [5.74, 6) is -0.111. The number of hydrogen-bond donors (Lipinski definition) is 1. The molecule has 0 spiro atoms. The number of hydrogen-bond acceptors (Lipinski definition) is 2. The highest BCUT2D eigenvalue weighted by Crippen LogP contribution is 2.21. The van der Waals surface area contributed by atoms with Gasteiger partial charge in [-0.2, -0.15) is 0 Å². The van der Waals surface area contributed by atoms with Gasteiger partial charge in [0.05, 0.1) is 0 Å². The molecule has 0 heterocycles. The van der Waals surface area contributed by atoms with Gasteiger partial charge in [-0.3, -0.25) is 0 Å².